The third kappa shape index (κ3) is 2.41. The molecule has 1 aromatic heterocycles. The summed E-state index contributed by atoms with van der Waals surface area (Å²) in [6, 6.07) is 7.09. The molecule has 0 aliphatic carbocycles. The number of rotatable bonds is 3. The summed E-state index contributed by atoms with van der Waals surface area (Å²) in [5, 5.41) is 19.1. The molecule has 1 heterocycles. The van der Waals surface area contributed by atoms with Crippen LogP contribution in [0.25, 0.3) is 0 Å². The lowest BCUT2D eigenvalue weighted by molar-refractivity contribution is 0.475. The molecule has 0 bridgehead atoms. The summed E-state index contributed by atoms with van der Waals surface area (Å²) in [5.41, 5.74) is 1.13. The van der Waals surface area contributed by atoms with Crippen LogP contribution in [0.4, 0.5) is 0 Å². The number of aromatic amines is 1. The van der Waals surface area contributed by atoms with Crippen molar-refractivity contribution in [2.24, 2.45) is 0 Å². The van der Waals surface area contributed by atoms with Crippen molar-refractivity contribution in [3.05, 3.63) is 34.6 Å². The minimum absolute atomic E-state index is 0.276. The van der Waals surface area contributed by atoms with Crippen molar-refractivity contribution < 1.29 is 5.11 Å². The van der Waals surface area contributed by atoms with Crippen LogP contribution in [0.1, 0.15) is 5.56 Å². The molecule has 6 heteroatoms. The van der Waals surface area contributed by atoms with E-state index in [2.05, 4.69) is 15.5 Å². The summed E-state index contributed by atoms with van der Waals surface area (Å²) in [6.07, 6.45) is 0.818. The van der Waals surface area contributed by atoms with Crippen LogP contribution in [0.5, 0.6) is 5.75 Å². The molecule has 0 aliphatic rings. The van der Waals surface area contributed by atoms with Crippen molar-refractivity contribution in [3.8, 4) is 5.75 Å². The molecule has 0 spiro atoms. The van der Waals surface area contributed by atoms with Crippen molar-refractivity contribution in [1.29, 1.82) is 0 Å². The summed E-state index contributed by atoms with van der Waals surface area (Å²) in [5.74, 6) is 0.276. The van der Waals surface area contributed by atoms with Gasteiger partial charge in [0.05, 0.1) is 0 Å². The lowest BCUT2D eigenvalue weighted by atomic mass is 10.1. The van der Waals surface area contributed by atoms with Crippen LogP contribution in [0.3, 0.4) is 0 Å². The molecule has 0 saturated carbocycles. The smallest absolute Gasteiger partial charge is 0.238 e. The van der Waals surface area contributed by atoms with Crippen LogP contribution >= 0.6 is 12.2 Å². The maximum absolute atomic E-state index is 9.10. The molecule has 0 amide bonds. The van der Waals surface area contributed by atoms with Gasteiger partial charge in [-0.3, -0.25) is 0 Å². The quantitative estimate of drug-likeness (QED) is 0.768. The van der Waals surface area contributed by atoms with Gasteiger partial charge in [0, 0.05) is 6.54 Å². The fourth-order valence-corrected chi connectivity index (χ4v) is 1.44. The van der Waals surface area contributed by atoms with Gasteiger partial charge in [-0.2, -0.15) is 5.21 Å². The lowest BCUT2D eigenvalue weighted by Crippen LogP contribution is -2.03. The van der Waals surface area contributed by atoms with Gasteiger partial charge in [0.1, 0.15) is 5.75 Å². The van der Waals surface area contributed by atoms with E-state index in [1.807, 2.05) is 12.1 Å². The number of H-pyrrole nitrogens is 1. The van der Waals surface area contributed by atoms with Gasteiger partial charge in [-0.05, 0) is 36.3 Å². The number of hydrogen-bond donors (Lipinski definition) is 2. The average molecular weight is 222 g/mol. The Labute approximate surface area is 91.4 Å². The summed E-state index contributed by atoms with van der Waals surface area (Å²) < 4.78 is 2.15. The number of nitrogens with zero attached hydrogens (tertiary/aromatic N) is 3. The highest BCUT2D eigenvalue weighted by molar-refractivity contribution is 7.71. The molecular formula is C9H10N4OS. The van der Waals surface area contributed by atoms with Crippen LogP contribution < -0.4 is 0 Å². The summed E-state index contributed by atoms with van der Waals surface area (Å²) in [6.45, 7) is 0.705. The zero-order valence-corrected chi connectivity index (χ0v) is 8.74. The number of aromatic nitrogens is 4. The van der Waals surface area contributed by atoms with Gasteiger partial charge >= 0.3 is 0 Å². The topological polar surface area (TPSA) is 66.7 Å². The summed E-state index contributed by atoms with van der Waals surface area (Å²) in [4.78, 5) is 0. The van der Waals surface area contributed by atoms with E-state index in [-0.39, 0.29) is 5.75 Å². The Balaban J connectivity index is 2.02. The first-order valence-corrected chi connectivity index (χ1v) is 4.92. The van der Waals surface area contributed by atoms with Gasteiger partial charge in [-0.15, -0.1) is 0 Å². The minimum atomic E-state index is 0.276. The first-order valence-electron chi connectivity index (χ1n) is 4.51. The fraction of sp³-hybridized carbons (Fsp3) is 0.222. The zero-order valence-electron chi connectivity index (χ0n) is 7.92. The Morgan fingerprint density at radius 2 is 2.07 bits per heavy atom. The Morgan fingerprint density at radius 3 is 2.67 bits per heavy atom. The largest absolute Gasteiger partial charge is 0.508 e. The second kappa shape index (κ2) is 4.22. The van der Waals surface area contributed by atoms with Gasteiger partial charge < -0.3 is 5.11 Å². The van der Waals surface area contributed by atoms with Gasteiger partial charge in [0.15, 0.2) is 0 Å². The van der Waals surface area contributed by atoms with E-state index >= 15 is 0 Å². The van der Waals surface area contributed by atoms with Crippen LogP contribution in [0.15, 0.2) is 24.3 Å². The lowest BCUT2D eigenvalue weighted by Gasteiger charge is -2.01. The van der Waals surface area contributed by atoms with Crippen LogP contribution in [0, 0.1) is 4.77 Å². The Kier molecular flexibility index (Phi) is 2.77. The number of aromatic hydroxyl groups is 1. The number of tetrazole rings is 1. The van der Waals surface area contributed by atoms with Crippen molar-refractivity contribution in [2.45, 2.75) is 13.0 Å². The number of nitrogens with one attached hydrogen (secondary N) is 1. The molecule has 78 valence electrons. The van der Waals surface area contributed by atoms with Crippen molar-refractivity contribution in [2.75, 3.05) is 0 Å². The van der Waals surface area contributed by atoms with Crippen molar-refractivity contribution >= 4 is 12.2 Å². The standard InChI is InChI=1S/C9H10N4OS/c14-8-3-1-7(2-4-8)5-6-13-9(15)10-11-12-13/h1-4,14H,5-6H2,(H,10,12,15). The number of phenols is 1. The number of hydrogen-bond acceptors (Lipinski definition) is 4. The van der Waals surface area contributed by atoms with Crippen LogP contribution in [-0.4, -0.2) is 25.3 Å². The Bertz CT molecular complexity index is 487. The third-order valence-corrected chi connectivity index (χ3v) is 2.39. The SMILES string of the molecule is Oc1ccc(CCn2[nH]nnc2=S)cc1. The summed E-state index contributed by atoms with van der Waals surface area (Å²) in [7, 11) is 0. The zero-order chi connectivity index (χ0) is 10.7. The van der Waals surface area contributed by atoms with Gasteiger partial charge in [0.2, 0.25) is 4.77 Å². The molecule has 0 saturated heterocycles. The molecule has 2 rings (SSSR count). The maximum Gasteiger partial charge on any atom is 0.238 e. The van der Waals surface area contributed by atoms with E-state index < -0.39 is 0 Å². The normalized spacial score (nSPS) is 10.4. The maximum atomic E-state index is 9.10. The average Bonchev–Trinajstić information content (AvgIpc) is 2.63. The molecule has 5 nitrogen and oxygen atoms in total. The molecule has 15 heavy (non-hydrogen) atoms. The van der Waals surface area contributed by atoms with Crippen LogP contribution in [-0.2, 0) is 13.0 Å². The van der Waals surface area contributed by atoms with E-state index in [4.69, 9.17) is 17.3 Å². The first-order chi connectivity index (χ1) is 7.25. The van der Waals surface area contributed by atoms with Crippen LogP contribution in [0.2, 0.25) is 0 Å². The van der Waals surface area contributed by atoms with E-state index in [9.17, 15) is 0 Å². The minimum Gasteiger partial charge on any atom is -0.508 e. The highest BCUT2D eigenvalue weighted by atomic mass is 32.1. The predicted molar refractivity (Wildman–Crippen MR) is 57.0 cm³/mol. The van der Waals surface area contributed by atoms with E-state index in [0.29, 0.717) is 11.3 Å². The highest BCUT2D eigenvalue weighted by Crippen LogP contribution is 2.10. The van der Waals surface area contributed by atoms with Gasteiger partial charge in [0.25, 0.3) is 0 Å². The molecule has 0 unspecified atom stereocenters. The molecule has 2 aromatic rings. The molecule has 0 aliphatic heterocycles. The monoisotopic (exact) mass is 222 g/mol. The Hall–Kier alpha value is -1.69. The second-order valence-corrected chi connectivity index (χ2v) is 3.52. The third-order valence-electron chi connectivity index (χ3n) is 2.09. The Morgan fingerprint density at radius 1 is 1.33 bits per heavy atom. The van der Waals surface area contributed by atoms with E-state index in [1.54, 1.807) is 16.8 Å². The first kappa shape index (κ1) is 9.85. The summed E-state index contributed by atoms with van der Waals surface area (Å²) >= 11 is 4.94. The number of aryl methyl sites for hydroxylation is 2. The van der Waals surface area contributed by atoms with Crippen molar-refractivity contribution in [1.82, 2.24) is 20.2 Å². The van der Waals surface area contributed by atoms with Crippen molar-refractivity contribution in [3.63, 3.8) is 0 Å². The molecule has 0 atom stereocenters. The van der Waals surface area contributed by atoms with E-state index in [0.717, 1.165) is 12.0 Å². The molecular weight excluding hydrogens is 212 g/mol. The van der Waals surface area contributed by atoms with E-state index in [1.165, 1.54) is 0 Å². The van der Waals surface area contributed by atoms with Gasteiger partial charge in [-0.1, -0.05) is 22.4 Å². The highest BCUT2D eigenvalue weighted by Gasteiger charge is 1.97. The number of phenolic OH excluding ortho intramolecular Hbond substituents is 1. The molecule has 0 radical (unpaired) electrons. The molecule has 1 aromatic carbocycles. The molecule has 2 N–H and O–H groups in total. The molecule has 0 fully saturated rings. The predicted octanol–water partition coefficient (Wildman–Crippen LogP) is 1.28. The second-order valence-electron chi connectivity index (χ2n) is 3.15. The van der Waals surface area contributed by atoms with Gasteiger partial charge in [-0.25, -0.2) is 4.68 Å². The fourth-order valence-electron chi connectivity index (χ4n) is 1.27. The number of benzene rings is 1.